The number of likely N-dealkylation sites (tertiary alicyclic amines) is 2. The second-order valence-electron chi connectivity index (χ2n) is 9.64. The molecular formula is C30H34N2O2. The van der Waals surface area contributed by atoms with Gasteiger partial charge in [0.2, 0.25) is 5.91 Å². The summed E-state index contributed by atoms with van der Waals surface area (Å²) in [5.74, 6) is 1.78. The molecule has 176 valence electrons. The zero-order chi connectivity index (χ0) is 23.3. The number of methoxy groups -OCH3 is 1. The van der Waals surface area contributed by atoms with Crippen molar-refractivity contribution in [1.82, 2.24) is 9.80 Å². The Morgan fingerprint density at radius 3 is 2.47 bits per heavy atom. The second kappa shape index (κ2) is 10.4. The van der Waals surface area contributed by atoms with Crippen molar-refractivity contribution in [2.45, 2.75) is 38.3 Å². The predicted molar refractivity (Wildman–Crippen MR) is 137 cm³/mol. The van der Waals surface area contributed by atoms with E-state index in [0.717, 1.165) is 51.2 Å². The fraction of sp³-hybridized carbons (Fsp3) is 0.367. The summed E-state index contributed by atoms with van der Waals surface area (Å²) in [4.78, 5) is 17.6. The number of carbonyl (C=O) groups excluding carboxylic acids is 1. The highest BCUT2D eigenvalue weighted by Gasteiger charge is 2.38. The van der Waals surface area contributed by atoms with Crippen LogP contribution in [0.1, 0.15) is 30.4 Å². The molecule has 4 nitrogen and oxygen atoms in total. The van der Waals surface area contributed by atoms with Crippen LogP contribution in [0.5, 0.6) is 5.75 Å². The van der Waals surface area contributed by atoms with Crippen LogP contribution in [0, 0.1) is 5.92 Å². The van der Waals surface area contributed by atoms with E-state index in [-0.39, 0.29) is 0 Å². The van der Waals surface area contributed by atoms with E-state index in [4.69, 9.17) is 4.74 Å². The minimum absolute atomic E-state index is 0.328. The minimum atomic E-state index is 0.328. The maximum absolute atomic E-state index is 12.8. The summed E-state index contributed by atoms with van der Waals surface area (Å²) in [7, 11) is 1.70. The van der Waals surface area contributed by atoms with E-state index >= 15 is 0 Å². The molecule has 3 aromatic carbocycles. The van der Waals surface area contributed by atoms with E-state index in [0.29, 0.717) is 24.3 Å². The molecule has 0 spiro atoms. The standard InChI is InChI=1S/C30H34N2O2/c1-34-28-9-5-6-23(20-28)16-19-32-29-17-18-31(22-27(29)14-15-30(32)33)21-24-10-12-26(13-11-24)25-7-3-2-4-8-25/h2-13,20,27,29H,14-19,21-22H2,1H3/t27-,29+/m1/s1. The van der Waals surface area contributed by atoms with Crippen molar-refractivity contribution in [3.05, 3.63) is 90.0 Å². The third-order valence-corrected chi connectivity index (χ3v) is 7.47. The lowest BCUT2D eigenvalue weighted by atomic mass is 9.83. The molecule has 2 fully saturated rings. The van der Waals surface area contributed by atoms with Gasteiger partial charge in [0.05, 0.1) is 7.11 Å². The summed E-state index contributed by atoms with van der Waals surface area (Å²) in [6.07, 6.45) is 3.64. The van der Waals surface area contributed by atoms with Crippen LogP contribution in [0.4, 0.5) is 0 Å². The zero-order valence-electron chi connectivity index (χ0n) is 20.0. The quantitative estimate of drug-likeness (QED) is 0.478. The largest absolute Gasteiger partial charge is 0.497 e. The van der Waals surface area contributed by atoms with Crippen molar-refractivity contribution in [2.75, 3.05) is 26.7 Å². The Hall–Kier alpha value is -3.11. The third-order valence-electron chi connectivity index (χ3n) is 7.47. The minimum Gasteiger partial charge on any atom is -0.497 e. The number of carbonyl (C=O) groups is 1. The lowest BCUT2D eigenvalue weighted by molar-refractivity contribution is -0.141. The van der Waals surface area contributed by atoms with Crippen LogP contribution in [0.3, 0.4) is 0 Å². The summed E-state index contributed by atoms with van der Waals surface area (Å²) in [5, 5.41) is 0. The Morgan fingerprint density at radius 2 is 1.68 bits per heavy atom. The summed E-state index contributed by atoms with van der Waals surface area (Å²) >= 11 is 0. The van der Waals surface area contributed by atoms with E-state index in [1.807, 2.05) is 12.1 Å². The predicted octanol–water partition coefficient (Wildman–Crippen LogP) is 5.42. The van der Waals surface area contributed by atoms with Crippen molar-refractivity contribution in [3.8, 4) is 16.9 Å². The molecular weight excluding hydrogens is 420 g/mol. The van der Waals surface area contributed by atoms with Crippen molar-refractivity contribution >= 4 is 5.91 Å². The molecule has 0 saturated carbocycles. The Bertz CT molecular complexity index is 1100. The number of nitrogens with zero attached hydrogens (tertiary/aromatic N) is 2. The van der Waals surface area contributed by atoms with Crippen molar-refractivity contribution in [1.29, 1.82) is 0 Å². The molecule has 2 aliphatic heterocycles. The highest BCUT2D eigenvalue weighted by molar-refractivity contribution is 5.77. The Kier molecular flexibility index (Phi) is 6.96. The number of ether oxygens (including phenoxy) is 1. The highest BCUT2D eigenvalue weighted by Crippen LogP contribution is 2.32. The van der Waals surface area contributed by atoms with E-state index in [9.17, 15) is 4.79 Å². The Balaban J connectivity index is 1.18. The summed E-state index contributed by atoms with van der Waals surface area (Å²) in [5.41, 5.74) is 5.11. The van der Waals surface area contributed by atoms with Gasteiger partial charge in [-0.05, 0) is 59.6 Å². The van der Waals surface area contributed by atoms with Crippen molar-refractivity contribution < 1.29 is 9.53 Å². The van der Waals surface area contributed by atoms with Crippen molar-refractivity contribution in [3.63, 3.8) is 0 Å². The number of fused-ring (bicyclic) bond motifs is 1. The fourth-order valence-corrected chi connectivity index (χ4v) is 5.63. The van der Waals surface area contributed by atoms with Crippen molar-refractivity contribution in [2.24, 2.45) is 5.92 Å². The maximum Gasteiger partial charge on any atom is 0.222 e. The topological polar surface area (TPSA) is 32.8 Å². The number of piperidine rings is 2. The van der Waals surface area contributed by atoms with Crippen LogP contribution < -0.4 is 4.74 Å². The first-order chi connectivity index (χ1) is 16.7. The van der Waals surface area contributed by atoms with Gasteiger partial charge in [0, 0.05) is 38.6 Å². The summed E-state index contributed by atoms with van der Waals surface area (Å²) in [6, 6.07) is 28.1. The van der Waals surface area contributed by atoms with Gasteiger partial charge in [-0.15, -0.1) is 0 Å². The van der Waals surface area contributed by atoms with Gasteiger partial charge in [-0.25, -0.2) is 0 Å². The summed E-state index contributed by atoms with van der Waals surface area (Å²) < 4.78 is 5.36. The van der Waals surface area contributed by atoms with E-state index in [1.54, 1.807) is 7.11 Å². The first-order valence-electron chi connectivity index (χ1n) is 12.5. The molecule has 3 aromatic rings. The van der Waals surface area contributed by atoms with E-state index in [2.05, 4.69) is 76.5 Å². The van der Waals surface area contributed by atoms with Gasteiger partial charge in [-0.3, -0.25) is 9.69 Å². The molecule has 2 saturated heterocycles. The first-order valence-corrected chi connectivity index (χ1v) is 12.5. The third kappa shape index (κ3) is 5.18. The zero-order valence-corrected chi connectivity index (χ0v) is 20.0. The van der Waals surface area contributed by atoms with E-state index in [1.165, 1.54) is 22.3 Å². The molecule has 34 heavy (non-hydrogen) atoms. The van der Waals surface area contributed by atoms with Gasteiger partial charge in [-0.2, -0.15) is 0 Å². The van der Waals surface area contributed by atoms with Crippen LogP contribution in [0.15, 0.2) is 78.9 Å². The average Bonchev–Trinajstić information content (AvgIpc) is 2.89. The lowest BCUT2D eigenvalue weighted by Gasteiger charge is -2.47. The fourth-order valence-electron chi connectivity index (χ4n) is 5.63. The molecule has 5 rings (SSSR count). The molecule has 0 radical (unpaired) electrons. The van der Waals surface area contributed by atoms with E-state index < -0.39 is 0 Å². The highest BCUT2D eigenvalue weighted by atomic mass is 16.5. The molecule has 0 N–H and O–H groups in total. The number of hydrogen-bond acceptors (Lipinski definition) is 3. The number of rotatable bonds is 7. The maximum atomic E-state index is 12.8. The summed E-state index contributed by atoms with van der Waals surface area (Å²) in [6.45, 7) is 3.91. The molecule has 0 unspecified atom stereocenters. The molecule has 4 heteroatoms. The van der Waals surface area contributed by atoms with Gasteiger partial charge >= 0.3 is 0 Å². The van der Waals surface area contributed by atoms with Crippen LogP contribution in [0.25, 0.3) is 11.1 Å². The molecule has 0 bridgehead atoms. The van der Waals surface area contributed by atoms with Gasteiger partial charge in [0.1, 0.15) is 5.75 Å². The molecule has 2 heterocycles. The van der Waals surface area contributed by atoms with Gasteiger partial charge in [0.15, 0.2) is 0 Å². The Labute approximate surface area is 203 Å². The molecule has 1 amide bonds. The molecule has 2 aliphatic rings. The second-order valence-corrected chi connectivity index (χ2v) is 9.64. The number of hydrogen-bond donors (Lipinski definition) is 0. The first kappa shape index (κ1) is 22.7. The number of amides is 1. The average molecular weight is 455 g/mol. The monoisotopic (exact) mass is 454 g/mol. The normalized spacial score (nSPS) is 20.7. The van der Waals surface area contributed by atoms with Gasteiger partial charge in [0.25, 0.3) is 0 Å². The van der Waals surface area contributed by atoms with Crippen LogP contribution in [-0.2, 0) is 17.8 Å². The Morgan fingerprint density at radius 1 is 0.882 bits per heavy atom. The van der Waals surface area contributed by atoms with Gasteiger partial charge in [-0.1, -0.05) is 66.7 Å². The molecule has 0 aromatic heterocycles. The van der Waals surface area contributed by atoms with Crippen LogP contribution >= 0.6 is 0 Å². The molecule has 2 atom stereocenters. The lowest BCUT2D eigenvalue weighted by Crippen LogP contribution is -2.56. The van der Waals surface area contributed by atoms with Crippen LogP contribution in [-0.4, -0.2) is 48.5 Å². The van der Waals surface area contributed by atoms with Gasteiger partial charge < -0.3 is 9.64 Å². The number of benzene rings is 3. The molecule has 0 aliphatic carbocycles. The van der Waals surface area contributed by atoms with Crippen LogP contribution in [0.2, 0.25) is 0 Å². The SMILES string of the molecule is COc1cccc(CCN2C(=O)CC[C@@H]3CN(Cc4ccc(-c5ccccc5)cc4)CC[C@@H]32)c1. The smallest absolute Gasteiger partial charge is 0.222 e.